The Kier molecular flexibility index (Phi) is 4.47. The third kappa shape index (κ3) is 2.82. The Morgan fingerprint density at radius 3 is 2.56 bits per heavy atom. The van der Waals surface area contributed by atoms with Crippen LogP contribution in [-0.2, 0) is 19.4 Å². The van der Waals surface area contributed by atoms with Crippen LogP contribution in [0.2, 0.25) is 0 Å². The minimum atomic E-state index is -1.29. The molecule has 1 aromatic rings. The van der Waals surface area contributed by atoms with Crippen molar-refractivity contribution >= 4 is 0 Å². The first-order chi connectivity index (χ1) is 7.58. The fraction of sp³-hybridized carbons (Fsp3) is 0.750. The molecular weight excluding hydrogens is 205 g/mol. The van der Waals surface area contributed by atoms with Crippen molar-refractivity contribution < 1.29 is 4.39 Å². The highest BCUT2D eigenvalue weighted by Crippen LogP contribution is 2.21. The third-order valence-electron chi connectivity index (χ3n) is 3.07. The van der Waals surface area contributed by atoms with Gasteiger partial charge in [-0.15, -0.1) is 0 Å². The highest BCUT2D eigenvalue weighted by molar-refractivity contribution is 5.13. The molecule has 0 fully saturated rings. The largest absolute Gasteiger partial charge is 0.328 e. The fourth-order valence-electron chi connectivity index (χ4n) is 1.77. The average Bonchev–Trinajstić information content (AvgIpc) is 2.71. The van der Waals surface area contributed by atoms with Gasteiger partial charge < -0.3 is 5.73 Å². The van der Waals surface area contributed by atoms with Crippen LogP contribution in [0, 0.1) is 0 Å². The van der Waals surface area contributed by atoms with Gasteiger partial charge in [-0.25, -0.2) is 4.39 Å². The lowest BCUT2D eigenvalue weighted by Crippen LogP contribution is -2.35. The SMILES string of the molecule is CCc1cc(CC(F)(CC)CN)n(CC)n1. The lowest BCUT2D eigenvalue weighted by molar-refractivity contribution is 0.163. The van der Waals surface area contributed by atoms with Crippen molar-refractivity contribution in [3.8, 4) is 0 Å². The normalized spacial score (nSPS) is 15.1. The number of aromatic nitrogens is 2. The lowest BCUT2D eigenvalue weighted by atomic mass is 9.96. The first-order valence-electron chi connectivity index (χ1n) is 6.03. The van der Waals surface area contributed by atoms with E-state index in [4.69, 9.17) is 5.73 Å². The van der Waals surface area contributed by atoms with Gasteiger partial charge in [0.05, 0.1) is 5.69 Å². The van der Waals surface area contributed by atoms with Gasteiger partial charge >= 0.3 is 0 Å². The minimum absolute atomic E-state index is 0.0693. The zero-order valence-corrected chi connectivity index (χ0v) is 10.5. The van der Waals surface area contributed by atoms with Crippen LogP contribution in [0.5, 0.6) is 0 Å². The maximum Gasteiger partial charge on any atom is 0.128 e. The zero-order chi connectivity index (χ0) is 12.2. The number of nitrogens with two attached hydrogens (primary N) is 1. The van der Waals surface area contributed by atoms with Crippen LogP contribution >= 0.6 is 0 Å². The van der Waals surface area contributed by atoms with E-state index in [0.717, 1.165) is 24.4 Å². The Morgan fingerprint density at radius 2 is 2.12 bits per heavy atom. The van der Waals surface area contributed by atoms with Gasteiger partial charge in [0.15, 0.2) is 0 Å². The summed E-state index contributed by atoms with van der Waals surface area (Å²) in [5.74, 6) is 0. The molecule has 3 nitrogen and oxygen atoms in total. The van der Waals surface area contributed by atoms with E-state index in [9.17, 15) is 4.39 Å². The van der Waals surface area contributed by atoms with E-state index < -0.39 is 5.67 Å². The molecule has 0 saturated heterocycles. The Bertz CT molecular complexity index is 329. The Hall–Kier alpha value is -0.900. The molecule has 4 heteroatoms. The maximum atomic E-state index is 14.2. The topological polar surface area (TPSA) is 43.8 Å². The van der Waals surface area contributed by atoms with E-state index in [1.165, 1.54) is 0 Å². The molecule has 0 bridgehead atoms. The minimum Gasteiger partial charge on any atom is -0.328 e. The summed E-state index contributed by atoms with van der Waals surface area (Å²) in [6.07, 6.45) is 1.69. The molecule has 16 heavy (non-hydrogen) atoms. The Balaban J connectivity index is 2.90. The molecule has 0 saturated carbocycles. The van der Waals surface area contributed by atoms with E-state index in [-0.39, 0.29) is 6.54 Å². The number of rotatable bonds is 6. The molecule has 0 aromatic carbocycles. The van der Waals surface area contributed by atoms with Crippen LogP contribution in [0.1, 0.15) is 38.6 Å². The Morgan fingerprint density at radius 1 is 1.44 bits per heavy atom. The smallest absolute Gasteiger partial charge is 0.128 e. The van der Waals surface area contributed by atoms with Crippen LogP contribution in [0.3, 0.4) is 0 Å². The standard InChI is InChI=1S/C12H22FN3/c1-4-10-7-11(16(6-3)15-10)8-12(13,5-2)9-14/h7H,4-6,8-9,14H2,1-3H3. The molecule has 0 amide bonds. The summed E-state index contributed by atoms with van der Waals surface area (Å²) in [6.45, 7) is 6.75. The van der Waals surface area contributed by atoms with Gasteiger partial charge in [0.2, 0.25) is 0 Å². The second-order valence-corrected chi connectivity index (χ2v) is 4.18. The summed E-state index contributed by atoms with van der Waals surface area (Å²) in [5.41, 5.74) is 6.17. The number of alkyl halides is 1. The van der Waals surface area contributed by atoms with Gasteiger partial charge in [-0.1, -0.05) is 13.8 Å². The summed E-state index contributed by atoms with van der Waals surface area (Å²) < 4.78 is 16.1. The van der Waals surface area contributed by atoms with Crippen LogP contribution in [-0.4, -0.2) is 22.0 Å². The van der Waals surface area contributed by atoms with Gasteiger partial charge in [-0.3, -0.25) is 4.68 Å². The van der Waals surface area contributed by atoms with Crippen molar-refractivity contribution in [3.05, 3.63) is 17.5 Å². The molecule has 1 unspecified atom stereocenters. The molecule has 0 radical (unpaired) electrons. The van der Waals surface area contributed by atoms with Crippen molar-refractivity contribution in [1.29, 1.82) is 0 Å². The second kappa shape index (κ2) is 5.43. The van der Waals surface area contributed by atoms with E-state index >= 15 is 0 Å². The number of hydrogen-bond donors (Lipinski definition) is 1. The van der Waals surface area contributed by atoms with E-state index in [1.54, 1.807) is 0 Å². The van der Waals surface area contributed by atoms with E-state index in [2.05, 4.69) is 12.0 Å². The summed E-state index contributed by atoms with van der Waals surface area (Å²) >= 11 is 0. The second-order valence-electron chi connectivity index (χ2n) is 4.18. The predicted octanol–water partition coefficient (Wildman–Crippen LogP) is 2.08. The summed E-state index contributed by atoms with van der Waals surface area (Å²) in [5, 5.41) is 4.41. The van der Waals surface area contributed by atoms with Gasteiger partial charge in [-0.05, 0) is 25.8 Å². The summed E-state index contributed by atoms with van der Waals surface area (Å²) in [4.78, 5) is 0. The monoisotopic (exact) mass is 227 g/mol. The molecule has 1 rings (SSSR count). The maximum absolute atomic E-state index is 14.2. The highest BCUT2D eigenvalue weighted by Gasteiger charge is 2.27. The molecule has 92 valence electrons. The molecule has 0 aliphatic heterocycles. The zero-order valence-electron chi connectivity index (χ0n) is 10.5. The molecule has 0 spiro atoms. The molecule has 1 atom stereocenters. The first-order valence-corrected chi connectivity index (χ1v) is 6.03. The number of halogens is 1. The molecular formula is C12H22FN3. The average molecular weight is 227 g/mol. The Labute approximate surface area is 96.8 Å². The number of nitrogens with zero attached hydrogens (tertiary/aromatic N) is 2. The van der Waals surface area contributed by atoms with Crippen molar-refractivity contribution in [3.63, 3.8) is 0 Å². The molecule has 2 N–H and O–H groups in total. The molecule has 1 heterocycles. The molecule has 0 aliphatic rings. The van der Waals surface area contributed by atoms with Crippen molar-refractivity contribution in [2.45, 2.75) is 52.2 Å². The predicted molar refractivity (Wildman–Crippen MR) is 64.2 cm³/mol. The lowest BCUT2D eigenvalue weighted by Gasteiger charge is -2.21. The fourth-order valence-corrected chi connectivity index (χ4v) is 1.77. The molecule has 0 aliphatic carbocycles. The summed E-state index contributed by atoms with van der Waals surface area (Å²) in [7, 11) is 0. The van der Waals surface area contributed by atoms with Gasteiger partial charge in [0, 0.05) is 25.2 Å². The van der Waals surface area contributed by atoms with Gasteiger partial charge in [0.1, 0.15) is 5.67 Å². The third-order valence-corrected chi connectivity index (χ3v) is 3.07. The van der Waals surface area contributed by atoms with Crippen molar-refractivity contribution in [2.75, 3.05) is 6.54 Å². The van der Waals surface area contributed by atoms with E-state index in [0.29, 0.717) is 12.8 Å². The highest BCUT2D eigenvalue weighted by atomic mass is 19.1. The van der Waals surface area contributed by atoms with Crippen LogP contribution < -0.4 is 5.73 Å². The quantitative estimate of drug-likeness (QED) is 0.808. The van der Waals surface area contributed by atoms with E-state index in [1.807, 2.05) is 24.6 Å². The summed E-state index contributed by atoms with van der Waals surface area (Å²) in [6, 6.07) is 1.99. The number of aryl methyl sites for hydroxylation is 2. The van der Waals surface area contributed by atoms with Crippen molar-refractivity contribution in [1.82, 2.24) is 9.78 Å². The number of hydrogen-bond acceptors (Lipinski definition) is 2. The van der Waals surface area contributed by atoms with Gasteiger partial charge in [0.25, 0.3) is 0 Å². The van der Waals surface area contributed by atoms with Crippen LogP contribution in [0.4, 0.5) is 4.39 Å². The first kappa shape index (κ1) is 13.2. The molecule has 1 aromatic heterocycles. The van der Waals surface area contributed by atoms with Crippen molar-refractivity contribution in [2.24, 2.45) is 5.73 Å². The van der Waals surface area contributed by atoms with Crippen LogP contribution in [0.15, 0.2) is 6.07 Å². The van der Waals surface area contributed by atoms with Crippen LogP contribution in [0.25, 0.3) is 0 Å². The van der Waals surface area contributed by atoms with Gasteiger partial charge in [-0.2, -0.15) is 5.10 Å².